The van der Waals surface area contributed by atoms with Crippen molar-refractivity contribution in [2.24, 2.45) is 0 Å². The summed E-state index contributed by atoms with van der Waals surface area (Å²) < 4.78 is 40.9. The molecule has 1 aromatic carbocycles. The highest BCUT2D eigenvalue weighted by Crippen LogP contribution is 2.20. The van der Waals surface area contributed by atoms with Crippen molar-refractivity contribution >= 4 is 0 Å². The summed E-state index contributed by atoms with van der Waals surface area (Å²) in [5.41, 5.74) is -0.233. The van der Waals surface area contributed by atoms with E-state index < -0.39 is 17.5 Å². The minimum atomic E-state index is -1.55. The summed E-state index contributed by atoms with van der Waals surface area (Å²) in [7, 11) is 0. The van der Waals surface area contributed by atoms with Gasteiger partial charge in [0.2, 0.25) is 0 Å². The number of nitrogens with one attached hydrogen (secondary N) is 1. The van der Waals surface area contributed by atoms with Crippen molar-refractivity contribution in [1.29, 1.82) is 0 Å². The Hall–Kier alpha value is -1.96. The highest BCUT2D eigenvalue weighted by molar-refractivity contribution is 5.34. The highest BCUT2D eigenvalue weighted by atomic mass is 19.2. The van der Waals surface area contributed by atoms with E-state index in [1.54, 1.807) is 6.92 Å². The molecule has 1 aromatic heterocycles. The van der Waals surface area contributed by atoms with Crippen molar-refractivity contribution in [2.75, 3.05) is 6.54 Å². The zero-order valence-electron chi connectivity index (χ0n) is 10.4. The average molecular weight is 271 g/mol. The molecule has 0 aliphatic heterocycles. The van der Waals surface area contributed by atoms with Gasteiger partial charge in [0.15, 0.2) is 23.3 Å². The van der Waals surface area contributed by atoms with Crippen LogP contribution >= 0.6 is 0 Å². The van der Waals surface area contributed by atoms with Gasteiger partial charge in [0.05, 0.1) is 6.04 Å². The number of hydrogen-bond acceptors (Lipinski definition) is 4. The molecule has 0 radical (unpaired) electrons. The highest BCUT2D eigenvalue weighted by Gasteiger charge is 2.20. The summed E-state index contributed by atoms with van der Waals surface area (Å²) in [6.45, 7) is 4.33. The molecule has 19 heavy (non-hydrogen) atoms. The molecule has 0 amide bonds. The fraction of sp³-hybridized carbons (Fsp3) is 0.364. The third-order valence-corrected chi connectivity index (χ3v) is 2.63. The molecular weight excluding hydrogens is 259 g/mol. The van der Waals surface area contributed by atoms with E-state index in [1.165, 1.54) is 0 Å². The quantitative estimate of drug-likeness (QED) is 0.861. The minimum Gasteiger partial charge on any atom is -0.308 e. The molecular formula is C11H12F3N5. The molecule has 2 rings (SSSR count). The van der Waals surface area contributed by atoms with Gasteiger partial charge in [0, 0.05) is 0 Å². The van der Waals surface area contributed by atoms with Gasteiger partial charge in [0.1, 0.15) is 5.69 Å². The lowest BCUT2D eigenvalue weighted by molar-refractivity contribution is 0.440. The van der Waals surface area contributed by atoms with Crippen LogP contribution in [0.2, 0.25) is 0 Å². The van der Waals surface area contributed by atoms with Crippen LogP contribution in [0, 0.1) is 17.5 Å². The first-order valence-electron chi connectivity index (χ1n) is 5.71. The number of nitrogens with zero attached hydrogens (tertiary/aromatic N) is 4. The predicted octanol–water partition coefficient (Wildman–Crippen LogP) is 1.75. The summed E-state index contributed by atoms with van der Waals surface area (Å²) in [6, 6.07) is 1.66. The van der Waals surface area contributed by atoms with E-state index >= 15 is 0 Å². The molecule has 2 aromatic rings. The van der Waals surface area contributed by atoms with E-state index in [9.17, 15) is 13.2 Å². The van der Waals surface area contributed by atoms with Crippen LogP contribution < -0.4 is 5.32 Å². The molecule has 0 spiro atoms. The van der Waals surface area contributed by atoms with Gasteiger partial charge in [-0.15, -0.1) is 5.10 Å². The maximum atomic E-state index is 13.7. The first-order valence-corrected chi connectivity index (χ1v) is 5.71. The third kappa shape index (κ3) is 2.43. The van der Waals surface area contributed by atoms with Crippen LogP contribution in [0.5, 0.6) is 0 Å². The number of halogens is 3. The molecule has 0 saturated heterocycles. The van der Waals surface area contributed by atoms with Crippen LogP contribution in [-0.4, -0.2) is 26.8 Å². The third-order valence-electron chi connectivity index (χ3n) is 2.63. The van der Waals surface area contributed by atoms with Crippen molar-refractivity contribution in [3.05, 3.63) is 35.4 Å². The molecule has 0 fully saturated rings. The van der Waals surface area contributed by atoms with Gasteiger partial charge in [-0.2, -0.15) is 4.68 Å². The van der Waals surface area contributed by atoms with E-state index in [1.807, 2.05) is 6.92 Å². The summed E-state index contributed by atoms with van der Waals surface area (Å²) in [5, 5.41) is 13.9. The number of aromatic nitrogens is 4. The van der Waals surface area contributed by atoms with E-state index in [0.717, 1.165) is 16.8 Å². The Morgan fingerprint density at radius 3 is 2.68 bits per heavy atom. The van der Waals surface area contributed by atoms with Crippen LogP contribution in [0.1, 0.15) is 25.7 Å². The van der Waals surface area contributed by atoms with E-state index in [-0.39, 0.29) is 11.7 Å². The van der Waals surface area contributed by atoms with Crippen LogP contribution in [0.4, 0.5) is 13.2 Å². The molecule has 5 nitrogen and oxygen atoms in total. The fourth-order valence-electron chi connectivity index (χ4n) is 1.71. The SMILES string of the molecule is CCNC(C)c1nnnn1-c1ccc(F)c(F)c1F. The van der Waals surface area contributed by atoms with Crippen molar-refractivity contribution in [1.82, 2.24) is 25.5 Å². The molecule has 1 heterocycles. The molecule has 0 aliphatic carbocycles. The van der Waals surface area contributed by atoms with Crippen molar-refractivity contribution in [3.63, 3.8) is 0 Å². The summed E-state index contributed by atoms with van der Waals surface area (Å²) in [6.07, 6.45) is 0. The van der Waals surface area contributed by atoms with Crippen molar-refractivity contribution < 1.29 is 13.2 Å². The largest absolute Gasteiger partial charge is 0.308 e. The van der Waals surface area contributed by atoms with Gasteiger partial charge in [0.25, 0.3) is 0 Å². The van der Waals surface area contributed by atoms with Gasteiger partial charge in [-0.05, 0) is 36.0 Å². The van der Waals surface area contributed by atoms with Crippen LogP contribution in [0.15, 0.2) is 12.1 Å². The zero-order valence-corrected chi connectivity index (χ0v) is 10.4. The molecule has 0 bridgehead atoms. The Kier molecular flexibility index (Phi) is 3.79. The van der Waals surface area contributed by atoms with Crippen molar-refractivity contribution in [3.8, 4) is 5.69 Å². The standard InChI is InChI=1S/C11H12F3N5/c1-3-15-6(2)11-16-17-18-19(11)8-5-4-7(12)9(13)10(8)14/h4-6,15H,3H2,1-2H3. The topological polar surface area (TPSA) is 55.6 Å². The minimum absolute atomic E-state index is 0.233. The van der Waals surface area contributed by atoms with Gasteiger partial charge in [-0.3, -0.25) is 0 Å². The Morgan fingerprint density at radius 1 is 1.26 bits per heavy atom. The van der Waals surface area contributed by atoms with E-state index in [2.05, 4.69) is 20.8 Å². The normalized spacial score (nSPS) is 12.7. The predicted molar refractivity (Wildman–Crippen MR) is 61.1 cm³/mol. The van der Waals surface area contributed by atoms with Gasteiger partial charge in [-0.25, -0.2) is 13.2 Å². The molecule has 8 heteroatoms. The monoisotopic (exact) mass is 271 g/mol. The first kappa shape index (κ1) is 13.5. The van der Waals surface area contributed by atoms with Gasteiger partial charge >= 0.3 is 0 Å². The maximum absolute atomic E-state index is 13.7. The Morgan fingerprint density at radius 2 is 2.00 bits per heavy atom. The lowest BCUT2D eigenvalue weighted by Crippen LogP contribution is -2.22. The summed E-state index contributed by atoms with van der Waals surface area (Å²) >= 11 is 0. The summed E-state index contributed by atoms with van der Waals surface area (Å²) in [5.74, 6) is -3.81. The lowest BCUT2D eigenvalue weighted by Gasteiger charge is -2.12. The Balaban J connectivity index is 2.49. The molecule has 102 valence electrons. The van der Waals surface area contributed by atoms with Gasteiger partial charge < -0.3 is 5.32 Å². The number of rotatable bonds is 4. The second-order valence-electron chi connectivity index (χ2n) is 3.92. The fourth-order valence-corrected chi connectivity index (χ4v) is 1.71. The van der Waals surface area contributed by atoms with Crippen LogP contribution in [-0.2, 0) is 0 Å². The number of hydrogen-bond donors (Lipinski definition) is 1. The maximum Gasteiger partial charge on any atom is 0.196 e. The average Bonchev–Trinajstić information content (AvgIpc) is 2.85. The first-order chi connectivity index (χ1) is 9.06. The van der Waals surface area contributed by atoms with Crippen LogP contribution in [0.25, 0.3) is 5.69 Å². The second-order valence-corrected chi connectivity index (χ2v) is 3.92. The van der Waals surface area contributed by atoms with Crippen molar-refractivity contribution in [2.45, 2.75) is 19.9 Å². The molecule has 1 N–H and O–H groups in total. The number of tetrazole rings is 1. The molecule has 1 atom stereocenters. The smallest absolute Gasteiger partial charge is 0.196 e. The second kappa shape index (κ2) is 5.35. The lowest BCUT2D eigenvalue weighted by atomic mass is 10.2. The Bertz CT molecular complexity index is 584. The van der Waals surface area contributed by atoms with Gasteiger partial charge in [-0.1, -0.05) is 6.92 Å². The zero-order chi connectivity index (χ0) is 14.0. The van der Waals surface area contributed by atoms with E-state index in [0.29, 0.717) is 12.4 Å². The van der Waals surface area contributed by atoms with Crippen LogP contribution in [0.3, 0.4) is 0 Å². The molecule has 0 saturated carbocycles. The Labute approximate surface area is 107 Å². The molecule has 1 unspecified atom stereocenters. The summed E-state index contributed by atoms with van der Waals surface area (Å²) in [4.78, 5) is 0. The van der Waals surface area contributed by atoms with E-state index in [4.69, 9.17) is 0 Å². The molecule has 0 aliphatic rings. The number of benzene rings is 1.